The van der Waals surface area contributed by atoms with E-state index >= 15 is 0 Å². The van der Waals surface area contributed by atoms with Crippen LogP contribution >= 0.6 is 11.8 Å². The fourth-order valence-corrected chi connectivity index (χ4v) is 2.91. The molecule has 24 heavy (non-hydrogen) atoms. The Labute approximate surface area is 144 Å². The van der Waals surface area contributed by atoms with E-state index in [1.54, 1.807) is 18.0 Å². The second-order valence-corrected chi connectivity index (χ2v) is 6.59. The highest BCUT2D eigenvalue weighted by molar-refractivity contribution is 7.98. The Hall–Kier alpha value is -2.35. The molecule has 0 atom stereocenters. The standard InChI is InChI=1S/C16H19N5O2S/c1-10(2)14-8-17-15(23-14)9-24-16-18-19-20-21(16)12-7-11(3)5-6-13(12)22-4/h5-8,10H,9H2,1-4H3. The van der Waals surface area contributed by atoms with Crippen LogP contribution in [0.5, 0.6) is 5.75 Å². The maximum Gasteiger partial charge on any atom is 0.214 e. The van der Waals surface area contributed by atoms with Crippen LogP contribution in [0.3, 0.4) is 0 Å². The monoisotopic (exact) mass is 345 g/mol. The average Bonchev–Trinajstić information content (AvgIpc) is 3.22. The molecule has 1 aromatic carbocycles. The highest BCUT2D eigenvalue weighted by Gasteiger charge is 2.15. The van der Waals surface area contributed by atoms with Crippen molar-refractivity contribution in [1.82, 2.24) is 25.2 Å². The first-order valence-corrected chi connectivity index (χ1v) is 8.58. The van der Waals surface area contributed by atoms with Crippen molar-refractivity contribution in [3.05, 3.63) is 41.6 Å². The number of nitrogens with zero attached hydrogens (tertiary/aromatic N) is 5. The number of oxazole rings is 1. The first kappa shape index (κ1) is 16.5. The van der Waals surface area contributed by atoms with Gasteiger partial charge < -0.3 is 9.15 Å². The number of hydrogen-bond donors (Lipinski definition) is 0. The van der Waals surface area contributed by atoms with E-state index in [-0.39, 0.29) is 0 Å². The summed E-state index contributed by atoms with van der Waals surface area (Å²) in [5, 5.41) is 12.6. The lowest BCUT2D eigenvalue weighted by Gasteiger charge is -2.10. The maximum atomic E-state index is 5.72. The number of aryl methyl sites for hydroxylation is 1. The van der Waals surface area contributed by atoms with E-state index in [2.05, 4.69) is 34.4 Å². The Kier molecular flexibility index (Phi) is 4.84. The molecule has 2 aromatic heterocycles. The lowest BCUT2D eigenvalue weighted by Crippen LogP contribution is -2.02. The van der Waals surface area contributed by atoms with Gasteiger partial charge in [-0.05, 0) is 35.0 Å². The minimum Gasteiger partial charge on any atom is -0.494 e. The summed E-state index contributed by atoms with van der Waals surface area (Å²) in [6.07, 6.45) is 1.77. The van der Waals surface area contributed by atoms with Crippen LogP contribution in [-0.2, 0) is 5.75 Å². The molecule has 0 amide bonds. The lowest BCUT2D eigenvalue weighted by molar-refractivity contribution is 0.410. The van der Waals surface area contributed by atoms with Gasteiger partial charge in [-0.1, -0.05) is 31.7 Å². The quantitative estimate of drug-likeness (QED) is 0.634. The highest BCUT2D eigenvalue weighted by atomic mass is 32.2. The lowest BCUT2D eigenvalue weighted by atomic mass is 10.2. The minimum absolute atomic E-state index is 0.318. The van der Waals surface area contributed by atoms with Gasteiger partial charge in [-0.3, -0.25) is 0 Å². The molecular weight excluding hydrogens is 326 g/mol. The van der Waals surface area contributed by atoms with Gasteiger partial charge in [-0.2, -0.15) is 4.68 Å². The third-order valence-electron chi connectivity index (χ3n) is 3.47. The van der Waals surface area contributed by atoms with Crippen molar-refractivity contribution in [1.29, 1.82) is 0 Å². The second kappa shape index (κ2) is 7.04. The number of tetrazole rings is 1. The molecular formula is C16H19N5O2S. The topological polar surface area (TPSA) is 78.9 Å². The van der Waals surface area contributed by atoms with Crippen LogP contribution < -0.4 is 4.74 Å². The molecule has 0 aliphatic heterocycles. The second-order valence-electron chi connectivity index (χ2n) is 5.65. The molecule has 0 unspecified atom stereocenters. The fourth-order valence-electron chi connectivity index (χ4n) is 2.17. The summed E-state index contributed by atoms with van der Waals surface area (Å²) < 4.78 is 12.8. The molecule has 126 valence electrons. The minimum atomic E-state index is 0.318. The van der Waals surface area contributed by atoms with Gasteiger partial charge in [-0.15, -0.1) is 5.10 Å². The normalized spacial score (nSPS) is 11.2. The molecule has 0 aliphatic rings. The Morgan fingerprint density at radius 1 is 1.33 bits per heavy atom. The van der Waals surface area contributed by atoms with Crippen LogP contribution in [0.25, 0.3) is 5.69 Å². The number of aromatic nitrogens is 5. The number of thioether (sulfide) groups is 1. The molecule has 0 bridgehead atoms. The Morgan fingerprint density at radius 3 is 2.88 bits per heavy atom. The van der Waals surface area contributed by atoms with Gasteiger partial charge in [0.05, 0.1) is 19.1 Å². The van der Waals surface area contributed by atoms with Gasteiger partial charge in [0, 0.05) is 5.92 Å². The predicted octanol–water partition coefficient (Wildman–Crippen LogP) is 3.38. The third kappa shape index (κ3) is 3.43. The van der Waals surface area contributed by atoms with Crippen molar-refractivity contribution in [2.45, 2.75) is 37.6 Å². The number of ether oxygens (including phenoxy) is 1. The summed E-state index contributed by atoms with van der Waals surface area (Å²) in [7, 11) is 1.63. The van der Waals surface area contributed by atoms with Crippen LogP contribution in [0.4, 0.5) is 0 Å². The third-order valence-corrected chi connectivity index (χ3v) is 4.37. The molecule has 3 rings (SSSR count). The molecule has 2 heterocycles. The van der Waals surface area contributed by atoms with E-state index in [4.69, 9.17) is 9.15 Å². The number of benzene rings is 1. The predicted molar refractivity (Wildman–Crippen MR) is 90.6 cm³/mol. The van der Waals surface area contributed by atoms with Crippen molar-refractivity contribution >= 4 is 11.8 Å². The summed E-state index contributed by atoms with van der Waals surface area (Å²) in [4.78, 5) is 4.30. The number of hydrogen-bond acceptors (Lipinski definition) is 7. The van der Waals surface area contributed by atoms with Gasteiger partial charge in [0.2, 0.25) is 11.0 Å². The molecule has 8 heteroatoms. The van der Waals surface area contributed by atoms with Crippen LogP contribution in [0, 0.1) is 6.92 Å². The van der Waals surface area contributed by atoms with E-state index in [9.17, 15) is 0 Å². The summed E-state index contributed by atoms with van der Waals surface area (Å²) in [6.45, 7) is 6.16. The van der Waals surface area contributed by atoms with E-state index in [1.165, 1.54) is 11.8 Å². The van der Waals surface area contributed by atoms with Crippen LogP contribution in [-0.4, -0.2) is 32.3 Å². The van der Waals surface area contributed by atoms with Gasteiger partial charge >= 0.3 is 0 Å². The van der Waals surface area contributed by atoms with Gasteiger partial charge in [0.1, 0.15) is 17.2 Å². The van der Waals surface area contributed by atoms with Crippen molar-refractivity contribution in [3.63, 3.8) is 0 Å². The summed E-state index contributed by atoms with van der Waals surface area (Å²) in [5.41, 5.74) is 1.91. The SMILES string of the molecule is COc1ccc(C)cc1-n1nnnc1SCc1ncc(C(C)C)o1. The fraction of sp³-hybridized carbons (Fsp3) is 0.375. The van der Waals surface area contributed by atoms with Crippen LogP contribution in [0.2, 0.25) is 0 Å². The number of rotatable bonds is 6. The first-order chi connectivity index (χ1) is 11.6. The largest absolute Gasteiger partial charge is 0.494 e. The Morgan fingerprint density at radius 2 is 2.17 bits per heavy atom. The Balaban J connectivity index is 1.82. The van der Waals surface area contributed by atoms with Crippen molar-refractivity contribution in [2.75, 3.05) is 7.11 Å². The van der Waals surface area contributed by atoms with Gasteiger partial charge in [0.25, 0.3) is 0 Å². The molecule has 3 aromatic rings. The van der Waals surface area contributed by atoms with Crippen LogP contribution in [0.1, 0.15) is 37.0 Å². The van der Waals surface area contributed by atoms with Gasteiger partial charge in [0.15, 0.2) is 0 Å². The first-order valence-electron chi connectivity index (χ1n) is 7.59. The summed E-state index contributed by atoms with van der Waals surface area (Å²) in [6, 6.07) is 5.88. The van der Waals surface area contributed by atoms with Crippen LogP contribution in [0.15, 0.2) is 34.0 Å². The molecule has 0 aliphatic carbocycles. The van der Waals surface area contributed by atoms with Crippen molar-refractivity contribution in [2.24, 2.45) is 0 Å². The maximum absolute atomic E-state index is 5.72. The molecule has 7 nitrogen and oxygen atoms in total. The van der Waals surface area contributed by atoms with E-state index in [0.29, 0.717) is 28.5 Å². The molecule has 0 N–H and O–H groups in total. The van der Waals surface area contributed by atoms with E-state index in [0.717, 1.165) is 17.0 Å². The zero-order valence-corrected chi connectivity index (χ0v) is 14.9. The molecule has 0 spiro atoms. The highest BCUT2D eigenvalue weighted by Crippen LogP contribution is 2.28. The Bertz CT molecular complexity index is 827. The number of methoxy groups -OCH3 is 1. The average molecular weight is 345 g/mol. The smallest absolute Gasteiger partial charge is 0.214 e. The van der Waals surface area contributed by atoms with Crippen molar-refractivity contribution in [3.8, 4) is 11.4 Å². The molecule has 0 saturated carbocycles. The summed E-state index contributed by atoms with van der Waals surface area (Å²) >= 11 is 1.47. The van der Waals surface area contributed by atoms with Gasteiger partial charge in [-0.25, -0.2) is 4.98 Å². The zero-order chi connectivity index (χ0) is 17.1. The van der Waals surface area contributed by atoms with E-state index in [1.807, 2.05) is 25.1 Å². The molecule has 0 fully saturated rings. The summed E-state index contributed by atoms with van der Waals surface area (Å²) in [5.74, 6) is 3.13. The molecule has 0 radical (unpaired) electrons. The molecule has 0 saturated heterocycles. The van der Waals surface area contributed by atoms with Crippen molar-refractivity contribution < 1.29 is 9.15 Å². The zero-order valence-electron chi connectivity index (χ0n) is 14.1. The van der Waals surface area contributed by atoms with E-state index < -0.39 is 0 Å².